The van der Waals surface area contributed by atoms with Crippen molar-refractivity contribution >= 4 is 6.09 Å². The molecule has 0 unspecified atom stereocenters. The molecule has 0 radical (unpaired) electrons. The van der Waals surface area contributed by atoms with Gasteiger partial charge in [-0.1, -0.05) is 44.2 Å². The van der Waals surface area contributed by atoms with Crippen molar-refractivity contribution in [1.82, 2.24) is 10.3 Å². The van der Waals surface area contributed by atoms with Gasteiger partial charge in [0.05, 0.1) is 12.8 Å². The van der Waals surface area contributed by atoms with E-state index in [4.69, 9.17) is 9.47 Å². The summed E-state index contributed by atoms with van der Waals surface area (Å²) in [5.41, 5.74) is 2.33. The van der Waals surface area contributed by atoms with E-state index < -0.39 is 11.7 Å². The Hall–Kier alpha value is -2.56. The number of carbonyl (C=O) groups excluding carboxylic acids is 1. The Morgan fingerprint density at radius 1 is 1.08 bits per heavy atom. The number of carbonyl (C=O) groups is 1. The van der Waals surface area contributed by atoms with E-state index in [1.807, 2.05) is 77.1 Å². The average molecular weight is 344 g/mol. The van der Waals surface area contributed by atoms with Crippen LogP contribution in [-0.2, 0) is 11.3 Å². The van der Waals surface area contributed by atoms with E-state index in [1.165, 1.54) is 0 Å². The summed E-state index contributed by atoms with van der Waals surface area (Å²) < 4.78 is 10.3. The molecule has 0 aliphatic heterocycles. The molecule has 0 spiro atoms. The minimum absolute atomic E-state index is 0.417. The van der Waals surface area contributed by atoms with Crippen molar-refractivity contribution in [1.29, 1.82) is 0 Å². The van der Waals surface area contributed by atoms with Crippen LogP contribution in [0, 0.1) is 0 Å². The Kier molecular flexibility index (Phi) is 7.92. The standard InChI is InChI=1S/C18H22N2O3.C2H6/c1-18(2,3)23-17(21)19-12-13-8-10-14(11-9-13)15-6-5-7-16(20-15)22-4;1-2/h5-11H,12H2,1-4H3,(H,19,21);1-2H3. The first-order valence-electron chi connectivity index (χ1n) is 8.44. The molecule has 1 aromatic carbocycles. The van der Waals surface area contributed by atoms with Gasteiger partial charge < -0.3 is 14.8 Å². The number of hydrogen-bond donors (Lipinski definition) is 1. The van der Waals surface area contributed by atoms with Gasteiger partial charge in [-0.15, -0.1) is 0 Å². The Morgan fingerprint density at radius 2 is 1.72 bits per heavy atom. The normalized spacial score (nSPS) is 10.3. The SMILES string of the molecule is CC.COc1cccc(-c2ccc(CNC(=O)OC(C)(C)C)cc2)n1. The van der Waals surface area contributed by atoms with Crippen LogP contribution >= 0.6 is 0 Å². The quantitative estimate of drug-likeness (QED) is 0.865. The van der Waals surface area contributed by atoms with Crippen LogP contribution in [0.25, 0.3) is 11.3 Å². The minimum atomic E-state index is -0.494. The van der Waals surface area contributed by atoms with Gasteiger partial charge in [-0.3, -0.25) is 0 Å². The molecule has 0 atom stereocenters. The van der Waals surface area contributed by atoms with Crippen molar-refractivity contribution in [2.24, 2.45) is 0 Å². The maximum absolute atomic E-state index is 11.6. The van der Waals surface area contributed by atoms with Crippen LogP contribution in [0.1, 0.15) is 40.2 Å². The molecule has 1 heterocycles. The Bertz CT molecular complexity index is 661. The second-order valence-electron chi connectivity index (χ2n) is 6.12. The molecule has 1 amide bonds. The number of ether oxygens (including phenoxy) is 2. The lowest BCUT2D eigenvalue weighted by Crippen LogP contribution is -2.32. The highest BCUT2D eigenvalue weighted by atomic mass is 16.6. The summed E-state index contributed by atoms with van der Waals surface area (Å²) in [4.78, 5) is 16.0. The summed E-state index contributed by atoms with van der Waals surface area (Å²) in [6, 6.07) is 13.5. The van der Waals surface area contributed by atoms with E-state index >= 15 is 0 Å². The first-order valence-corrected chi connectivity index (χ1v) is 8.44. The molecule has 5 nitrogen and oxygen atoms in total. The third-order valence-electron chi connectivity index (χ3n) is 3.02. The molecule has 1 N–H and O–H groups in total. The second kappa shape index (κ2) is 9.67. The first-order chi connectivity index (χ1) is 11.9. The number of alkyl carbamates (subject to hydrolysis) is 1. The number of nitrogens with one attached hydrogen (secondary N) is 1. The lowest BCUT2D eigenvalue weighted by Gasteiger charge is -2.19. The predicted octanol–water partition coefficient (Wildman–Crippen LogP) is 4.81. The maximum Gasteiger partial charge on any atom is 0.407 e. The molecule has 0 bridgehead atoms. The van der Waals surface area contributed by atoms with Crippen molar-refractivity contribution < 1.29 is 14.3 Å². The number of nitrogens with zero attached hydrogens (tertiary/aromatic N) is 1. The smallest absolute Gasteiger partial charge is 0.407 e. The Labute approximate surface area is 150 Å². The van der Waals surface area contributed by atoms with Crippen LogP contribution in [0.15, 0.2) is 42.5 Å². The Morgan fingerprint density at radius 3 is 2.28 bits per heavy atom. The van der Waals surface area contributed by atoms with Crippen molar-refractivity contribution in [2.45, 2.75) is 46.8 Å². The number of amides is 1. The van der Waals surface area contributed by atoms with Gasteiger partial charge in [-0.05, 0) is 32.4 Å². The van der Waals surface area contributed by atoms with Crippen LogP contribution in [0.3, 0.4) is 0 Å². The second-order valence-corrected chi connectivity index (χ2v) is 6.12. The number of rotatable bonds is 4. The summed E-state index contributed by atoms with van der Waals surface area (Å²) in [5, 5.41) is 2.74. The van der Waals surface area contributed by atoms with E-state index in [1.54, 1.807) is 7.11 Å². The third-order valence-corrected chi connectivity index (χ3v) is 3.02. The largest absolute Gasteiger partial charge is 0.481 e. The lowest BCUT2D eigenvalue weighted by atomic mass is 10.1. The van der Waals surface area contributed by atoms with Gasteiger partial charge in [-0.2, -0.15) is 0 Å². The third kappa shape index (κ3) is 7.25. The average Bonchev–Trinajstić information content (AvgIpc) is 2.61. The fraction of sp³-hybridized carbons (Fsp3) is 0.400. The number of benzene rings is 1. The number of methoxy groups -OCH3 is 1. The van der Waals surface area contributed by atoms with Gasteiger partial charge >= 0.3 is 6.09 Å². The van der Waals surface area contributed by atoms with Gasteiger partial charge in [-0.25, -0.2) is 9.78 Å². The van der Waals surface area contributed by atoms with Gasteiger partial charge in [0, 0.05) is 18.2 Å². The highest BCUT2D eigenvalue weighted by Crippen LogP contribution is 2.20. The fourth-order valence-electron chi connectivity index (χ4n) is 1.97. The monoisotopic (exact) mass is 344 g/mol. The number of hydrogen-bond acceptors (Lipinski definition) is 4. The van der Waals surface area contributed by atoms with Gasteiger partial charge in [0.15, 0.2) is 0 Å². The summed E-state index contributed by atoms with van der Waals surface area (Å²) in [7, 11) is 1.59. The van der Waals surface area contributed by atoms with E-state index in [0.717, 1.165) is 16.8 Å². The molecule has 0 fully saturated rings. The fourth-order valence-corrected chi connectivity index (χ4v) is 1.97. The van der Waals surface area contributed by atoms with Gasteiger partial charge in [0.1, 0.15) is 5.60 Å². The molecule has 2 rings (SSSR count). The van der Waals surface area contributed by atoms with E-state index in [9.17, 15) is 4.79 Å². The molecule has 25 heavy (non-hydrogen) atoms. The molecule has 5 heteroatoms. The number of aromatic nitrogens is 1. The zero-order valence-corrected chi connectivity index (χ0v) is 15.9. The molecule has 0 aliphatic rings. The summed E-state index contributed by atoms with van der Waals surface area (Å²) in [6.07, 6.45) is -0.420. The molecular formula is C20H28N2O3. The van der Waals surface area contributed by atoms with Gasteiger partial charge in [0.2, 0.25) is 5.88 Å². The molecule has 1 aromatic heterocycles. The van der Waals surface area contributed by atoms with Crippen LogP contribution in [0.2, 0.25) is 0 Å². The number of pyridine rings is 1. The maximum atomic E-state index is 11.6. The van der Waals surface area contributed by atoms with Crippen molar-refractivity contribution in [2.75, 3.05) is 7.11 Å². The van der Waals surface area contributed by atoms with Crippen LogP contribution in [0.4, 0.5) is 4.79 Å². The summed E-state index contributed by atoms with van der Waals surface area (Å²) >= 11 is 0. The highest BCUT2D eigenvalue weighted by Gasteiger charge is 2.15. The minimum Gasteiger partial charge on any atom is -0.481 e. The zero-order chi connectivity index (χ0) is 18.9. The van der Waals surface area contributed by atoms with Gasteiger partial charge in [0.25, 0.3) is 0 Å². The summed E-state index contributed by atoms with van der Waals surface area (Å²) in [6.45, 7) is 9.92. The van der Waals surface area contributed by atoms with Crippen molar-refractivity contribution in [3.63, 3.8) is 0 Å². The first kappa shape index (κ1) is 20.5. The zero-order valence-electron chi connectivity index (χ0n) is 15.9. The van der Waals surface area contributed by atoms with E-state index in [0.29, 0.717) is 12.4 Å². The topological polar surface area (TPSA) is 60.5 Å². The van der Waals surface area contributed by atoms with Crippen LogP contribution in [-0.4, -0.2) is 23.8 Å². The molecule has 2 aromatic rings. The van der Waals surface area contributed by atoms with E-state index in [-0.39, 0.29) is 0 Å². The van der Waals surface area contributed by atoms with E-state index in [2.05, 4.69) is 10.3 Å². The predicted molar refractivity (Wildman–Crippen MR) is 101 cm³/mol. The molecular weight excluding hydrogens is 316 g/mol. The van der Waals surface area contributed by atoms with Crippen LogP contribution in [0.5, 0.6) is 5.88 Å². The molecule has 0 saturated heterocycles. The molecule has 0 aliphatic carbocycles. The highest BCUT2D eigenvalue weighted by molar-refractivity contribution is 5.67. The Balaban J connectivity index is 0.00000151. The molecule has 0 saturated carbocycles. The lowest BCUT2D eigenvalue weighted by molar-refractivity contribution is 0.0523. The van der Waals surface area contributed by atoms with Crippen molar-refractivity contribution in [3.05, 3.63) is 48.0 Å². The van der Waals surface area contributed by atoms with Crippen LogP contribution < -0.4 is 10.1 Å². The van der Waals surface area contributed by atoms with Crippen molar-refractivity contribution in [3.8, 4) is 17.1 Å². The molecule has 136 valence electrons. The summed E-state index contributed by atoms with van der Waals surface area (Å²) in [5.74, 6) is 0.582.